The van der Waals surface area contributed by atoms with Gasteiger partial charge < -0.3 is 19.5 Å². The van der Waals surface area contributed by atoms with Gasteiger partial charge >= 0.3 is 0 Å². The average molecular weight is 390 g/mol. The molecule has 0 aromatic heterocycles. The lowest BCUT2D eigenvalue weighted by molar-refractivity contribution is -0.118. The summed E-state index contributed by atoms with van der Waals surface area (Å²) in [7, 11) is 0. The van der Waals surface area contributed by atoms with E-state index in [0.717, 1.165) is 36.3 Å². The fourth-order valence-corrected chi connectivity index (χ4v) is 3.04. The Labute approximate surface area is 164 Å². The van der Waals surface area contributed by atoms with Crippen LogP contribution in [0, 0.1) is 13.8 Å². The van der Waals surface area contributed by atoms with Gasteiger partial charge in [0.1, 0.15) is 18.1 Å². The van der Waals surface area contributed by atoms with Crippen molar-refractivity contribution in [3.63, 3.8) is 0 Å². The summed E-state index contributed by atoms with van der Waals surface area (Å²) in [5.74, 6) is 1.16. The molecule has 0 spiro atoms. The van der Waals surface area contributed by atoms with Crippen molar-refractivity contribution in [3.8, 4) is 11.5 Å². The third-order valence-corrected chi connectivity index (χ3v) is 4.97. The highest BCUT2D eigenvalue weighted by Crippen LogP contribution is 2.26. The molecule has 1 aliphatic heterocycles. The second-order valence-electron chi connectivity index (χ2n) is 6.68. The van der Waals surface area contributed by atoms with Crippen molar-refractivity contribution in [2.75, 3.05) is 25.1 Å². The fourth-order valence-electron chi connectivity index (χ4n) is 2.93. The van der Waals surface area contributed by atoms with Gasteiger partial charge in [0.25, 0.3) is 5.91 Å². The van der Waals surface area contributed by atoms with E-state index >= 15 is 0 Å². The van der Waals surface area contributed by atoms with Crippen LogP contribution in [0.4, 0.5) is 5.69 Å². The lowest BCUT2D eigenvalue weighted by Crippen LogP contribution is -2.20. The van der Waals surface area contributed by atoms with E-state index in [1.807, 2.05) is 38.1 Å². The van der Waals surface area contributed by atoms with Crippen molar-refractivity contribution in [1.29, 1.82) is 0 Å². The standard InChI is InChI=1S/C21H24ClNO4/c1-14-10-19(11-15(2)21(14)22)27-13-20(24)23-16-5-7-17(8-6-16)26-12-18-4-3-9-25-18/h5-8,10-11,18H,3-4,9,12-13H2,1-2H3,(H,23,24)/t18-/m1/s1. The van der Waals surface area contributed by atoms with Crippen molar-refractivity contribution >= 4 is 23.2 Å². The second-order valence-corrected chi connectivity index (χ2v) is 7.06. The van der Waals surface area contributed by atoms with Crippen LogP contribution in [0.5, 0.6) is 11.5 Å². The Balaban J connectivity index is 1.46. The van der Waals surface area contributed by atoms with Gasteiger partial charge in [0.15, 0.2) is 6.61 Å². The molecular formula is C21H24ClNO4. The Hall–Kier alpha value is -2.24. The Morgan fingerprint density at radius 3 is 2.48 bits per heavy atom. The lowest BCUT2D eigenvalue weighted by Gasteiger charge is -2.12. The molecule has 6 heteroatoms. The van der Waals surface area contributed by atoms with Gasteiger partial charge in [-0.25, -0.2) is 0 Å². The predicted molar refractivity (Wildman–Crippen MR) is 106 cm³/mol. The van der Waals surface area contributed by atoms with Crippen molar-refractivity contribution in [1.82, 2.24) is 0 Å². The third kappa shape index (κ3) is 5.62. The van der Waals surface area contributed by atoms with E-state index in [4.69, 9.17) is 25.8 Å². The number of aryl methyl sites for hydroxylation is 2. The zero-order valence-electron chi connectivity index (χ0n) is 15.6. The third-order valence-electron chi connectivity index (χ3n) is 4.38. The van der Waals surface area contributed by atoms with E-state index in [1.165, 1.54) is 0 Å². The van der Waals surface area contributed by atoms with E-state index in [2.05, 4.69) is 5.32 Å². The molecule has 0 unspecified atom stereocenters. The molecule has 5 nitrogen and oxygen atoms in total. The molecule has 1 aliphatic rings. The summed E-state index contributed by atoms with van der Waals surface area (Å²) in [4.78, 5) is 12.1. The lowest BCUT2D eigenvalue weighted by atomic mass is 10.1. The highest BCUT2D eigenvalue weighted by atomic mass is 35.5. The minimum atomic E-state index is -0.228. The number of carbonyl (C=O) groups is 1. The number of rotatable bonds is 7. The average Bonchev–Trinajstić information content (AvgIpc) is 3.17. The first-order chi connectivity index (χ1) is 13.0. The van der Waals surface area contributed by atoms with Crippen molar-refractivity contribution < 1.29 is 19.0 Å². The Morgan fingerprint density at radius 2 is 1.85 bits per heavy atom. The summed E-state index contributed by atoms with van der Waals surface area (Å²) < 4.78 is 16.8. The summed E-state index contributed by atoms with van der Waals surface area (Å²) in [5.41, 5.74) is 2.54. The maximum Gasteiger partial charge on any atom is 0.262 e. The molecule has 27 heavy (non-hydrogen) atoms. The van der Waals surface area contributed by atoms with Gasteiger partial charge in [-0.2, -0.15) is 0 Å². The molecule has 0 bridgehead atoms. The van der Waals surface area contributed by atoms with E-state index in [-0.39, 0.29) is 18.6 Å². The highest BCUT2D eigenvalue weighted by Gasteiger charge is 2.16. The number of ether oxygens (including phenoxy) is 3. The Kier molecular flexibility index (Phi) is 6.58. The molecule has 1 fully saturated rings. The van der Waals surface area contributed by atoms with Crippen LogP contribution in [0.25, 0.3) is 0 Å². The second kappa shape index (κ2) is 9.11. The number of carbonyl (C=O) groups excluding carboxylic acids is 1. The van der Waals surface area contributed by atoms with E-state index in [9.17, 15) is 4.79 Å². The number of amides is 1. The van der Waals surface area contributed by atoms with Gasteiger partial charge in [-0.15, -0.1) is 0 Å². The molecule has 1 amide bonds. The molecule has 0 radical (unpaired) electrons. The molecule has 0 saturated carbocycles. The molecule has 1 saturated heterocycles. The SMILES string of the molecule is Cc1cc(OCC(=O)Nc2ccc(OC[C@H]3CCCO3)cc2)cc(C)c1Cl. The predicted octanol–water partition coefficient (Wildman–Crippen LogP) is 4.53. The van der Waals surface area contributed by atoms with Crippen LogP contribution in [-0.2, 0) is 9.53 Å². The van der Waals surface area contributed by atoms with Gasteiger partial charge in [0.2, 0.25) is 0 Å². The molecule has 3 rings (SSSR count). The van der Waals surface area contributed by atoms with Crippen LogP contribution in [0.2, 0.25) is 5.02 Å². The summed E-state index contributed by atoms with van der Waals surface area (Å²) >= 11 is 6.14. The fraction of sp³-hybridized carbons (Fsp3) is 0.381. The van der Waals surface area contributed by atoms with E-state index in [0.29, 0.717) is 23.1 Å². The number of anilines is 1. The largest absolute Gasteiger partial charge is 0.491 e. The van der Waals surface area contributed by atoms with Crippen LogP contribution >= 0.6 is 11.6 Å². The smallest absolute Gasteiger partial charge is 0.262 e. The number of benzene rings is 2. The summed E-state index contributed by atoms with van der Waals surface area (Å²) in [6.45, 7) is 5.11. The van der Waals surface area contributed by atoms with E-state index in [1.54, 1.807) is 12.1 Å². The van der Waals surface area contributed by atoms with Crippen LogP contribution < -0.4 is 14.8 Å². The van der Waals surface area contributed by atoms with Gasteiger partial charge in [-0.1, -0.05) is 11.6 Å². The van der Waals surface area contributed by atoms with Crippen LogP contribution in [0.1, 0.15) is 24.0 Å². The minimum absolute atomic E-state index is 0.0716. The van der Waals surface area contributed by atoms with Crippen molar-refractivity contribution in [3.05, 3.63) is 52.5 Å². The maximum atomic E-state index is 12.1. The van der Waals surface area contributed by atoms with Crippen LogP contribution in [0.15, 0.2) is 36.4 Å². The number of hydrogen-bond acceptors (Lipinski definition) is 4. The highest BCUT2D eigenvalue weighted by molar-refractivity contribution is 6.32. The zero-order valence-corrected chi connectivity index (χ0v) is 16.3. The van der Waals surface area contributed by atoms with Crippen molar-refractivity contribution in [2.45, 2.75) is 32.8 Å². The molecule has 1 N–H and O–H groups in total. The first kappa shape index (κ1) is 19.5. The first-order valence-corrected chi connectivity index (χ1v) is 9.43. The quantitative estimate of drug-likeness (QED) is 0.755. The maximum absolute atomic E-state index is 12.1. The van der Waals surface area contributed by atoms with Gasteiger partial charge in [0, 0.05) is 17.3 Å². The monoisotopic (exact) mass is 389 g/mol. The molecule has 1 atom stereocenters. The topological polar surface area (TPSA) is 56.8 Å². The van der Waals surface area contributed by atoms with Gasteiger partial charge in [-0.05, 0) is 74.2 Å². The van der Waals surface area contributed by atoms with Gasteiger partial charge in [-0.3, -0.25) is 4.79 Å². The number of hydrogen-bond donors (Lipinski definition) is 1. The normalized spacial score (nSPS) is 16.2. The summed E-state index contributed by atoms with van der Waals surface area (Å²) in [5, 5.41) is 3.52. The minimum Gasteiger partial charge on any atom is -0.491 e. The van der Waals surface area contributed by atoms with Gasteiger partial charge in [0.05, 0.1) is 6.10 Å². The Morgan fingerprint density at radius 1 is 1.15 bits per heavy atom. The first-order valence-electron chi connectivity index (χ1n) is 9.05. The van der Waals surface area contributed by atoms with Crippen LogP contribution in [0.3, 0.4) is 0 Å². The summed E-state index contributed by atoms with van der Waals surface area (Å²) in [6, 6.07) is 10.9. The molecule has 2 aromatic rings. The number of halogens is 1. The molecular weight excluding hydrogens is 366 g/mol. The molecule has 144 valence electrons. The number of nitrogens with one attached hydrogen (secondary N) is 1. The zero-order chi connectivity index (χ0) is 19.2. The van der Waals surface area contributed by atoms with Crippen molar-refractivity contribution in [2.24, 2.45) is 0 Å². The van der Waals surface area contributed by atoms with Crippen LogP contribution in [-0.4, -0.2) is 31.8 Å². The summed E-state index contributed by atoms with van der Waals surface area (Å²) in [6.07, 6.45) is 2.32. The van der Waals surface area contributed by atoms with E-state index < -0.39 is 0 Å². The molecule has 0 aliphatic carbocycles. The molecule has 2 aromatic carbocycles. The Bertz CT molecular complexity index is 762. The molecule has 1 heterocycles.